The lowest BCUT2D eigenvalue weighted by Crippen LogP contribution is -2.99. The highest BCUT2D eigenvalue weighted by Gasteiger charge is 2.33. The van der Waals surface area contributed by atoms with E-state index in [4.69, 9.17) is 9.94 Å². The van der Waals surface area contributed by atoms with Crippen LogP contribution in [0, 0.1) is 11.1 Å². The van der Waals surface area contributed by atoms with Gasteiger partial charge < -0.3 is 9.94 Å². The van der Waals surface area contributed by atoms with Crippen molar-refractivity contribution in [3.8, 4) is 0 Å². The van der Waals surface area contributed by atoms with Crippen molar-refractivity contribution in [1.82, 2.24) is 4.90 Å². The summed E-state index contributed by atoms with van der Waals surface area (Å²) in [6, 6.07) is 6.45. The largest absolute Gasteiger partial charge is 0.595 e. The Kier molecular flexibility index (Phi) is 5.27. The normalized spacial score (nSPS) is 26.3. The Morgan fingerprint density at radius 1 is 1.22 bits per heavy atom. The third-order valence-corrected chi connectivity index (χ3v) is 5.02. The molecule has 0 amide bonds. The first-order valence-corrected chi connectivity index (χ1v) is 8.39. The lowest BCUT2D eigenvalue weighted by Gasteiger charge is -2.44. The van der Waals surface area contributed by atoms with Gasteiger partial charge in [-0.2, -0.15) is 5.23 Å². The summed E-state index contributed by atoms with van der Waals surface area (Å²) in [6.45, 7) is 2.80. The molecular formula is C17H24N2O4. The third kappa shape index (κ3) is 3.90. The Balaban J connectivity index is 1.55. The molecular weight excluding hydrogens is 296 g/mol. The second kappa shape index (κ2) is 7.40. The minimum Gasteiger partial charge on any atom is -0.595 e. The van der Waals surface area contributed by atoms with Crippen LogP contribution in [0.3, 0.4) is 0 Å². The number of piperidine rings is 2. The van der Waals surface area contributed by atoms with Crippen LogP contribution in [0.15, 0.2) is 24.3 Å². The summed E-state index contributed by atoms with van der Waals surface area (Å²) in [6.07, 6.45) is 6.04. The Morgan fingerprint density at radius 3 is 2.70 bits per heavy atom. The van der Waals surface area contributed by atoms with E-state index in [0.29, 0.717) is 24.1 Å². The van der Waals surface area contributed by atoms with E-state index in [0.717, 1.165) is 6.42 Å². The molecule has 2 aliphatic heterocycles. The number of quaternary nitrogens is 1. The number of rotatable bonds is 4. The molecule has 2 saturated heterocycles. The van der Waals surface area contributed by atoms with Crippen molar-refractivity contribution in [2.75, 3.05) is 19.7 Å². The van der Waals surface area contributed by atoms with Gasteiger partial charge in [0.05, 0.1) is 12.2 Å². The lowest BCUT2D eigenvalue weighted by molar-refractivity contribution is -0.991. The van der Waals surface area contributed by atoms with Gasteiger partial charge in [-0.05, 0) is 50.9 Å². The van der Waals surface area contributed by atoms with Crippen LogP contribution >= 0.6 is 0 Å². The SMILES string of the molecule is O=C(OCC1CCCN2CCCCC12)c1ccc([NH+]([O-])O)cc1. The van der Waals surface area contributed by atoms with Gasteiger partial charge in [0.15, 0.2) is 5.69 Å². The summed E-state index contributed by atoms with van der Waals surface area (Å²) in [7, 11) is 0. The maximum atomic E-state index is 12.1. The Bertz CT molecular complexity index is 530. The van der Waals surface area contributed by atoms with Crippen molar-refractivity contribution in [3.05, 3.63) is 35.0 Å². The molecule has 3 unspecified atom stereocenters. The van der Waals surface area contributed by atoms with Crippen LogP contribution in [0.2, 0.25) is 0 Å². The number of fused-ring (bicyclic) bond motifs is 1. The minimum absolute atomic E-state index is 0.173. The number of nitrogens with one attached hydrogen (secondary N) is 1. The first-order valence-electron chi connectivity index (χ1n) is 8.39. The second-order valence-corrected chi connectivity index (χ2v) is 6.48. The van der Waals surface area contributed by atoms with E-state index in [2.05, 4.69) is 4.90 Å². The van der Waals surface area contributed by atoms with E-state index in [1.807, 2.05) is 0 Å². The van der Waals surface area contributed by atoms with E-state index < -0.39 is 5.23 Å². The summed E-state index contributed by atoms with van der Waals surface area (Å²) in [4.78, 5) is 14.7. The second-order valence-electron chi connectivity index (χ2n) is 6.48. The minimum atomic E-state index is -0.996. The molecule has 0 spiro atoms. The molecule has 1 aromatic rings. The van der Waals surface area contributed by atoms with Crippen molar-refractivity contribution in [2.45, 2.75) is 38.1 Å². The molecule has 23 heavy (non-hydrogen) atoms. The number of ether oxygens (including phenoxy) is 1. The molecule has 6 nitrogen and oxygen atoms in total. The fourth-order valence-electron chi connectivity index (χ4n) is 3.79. The summed E-state index contributed by atoms with van der Waals surface area (Å²) >= 11 is 0. The number of carbonyl (C=O) groups is 1. The maximum Gasteiger partial charge on any atom is 0.338 e. The third-order valence-electron chi connectivity index (χ3n) is 5.02. The summed E-state index contributed by atoms with van der Waals surface area (Å²) in [5, 5.41) is 18.7. The molecule has 126 valence electrons. The van der Waals surface area contributed by atoms with Gasteiger partial charge in [-0.25, -0.2) is 10.0 Å². The topological polar surface area (TPSA) is 77.3 Å². The first kappa shape index (κ1) is 16.4. The van der Waals surface area contributed by atoms with Crippen LogP contribution in [0.1, 0.15) is 42.5 Å². The molecule has 2 aliphatic rings. The van der Waals surface area contributed by atoms with Crippen molar-refractivity contribution in [3.63, 3.8) is 0 Å². The highest BCUT2D eigenvalue weighted by Crippen LogP contribution is 2.31. The standard InChI is InChI=1S/C17H24N2O4/c20-17(13-6-8-15(9-7-13)19(21)22)23-12-14-4-3-11-18-10-2-1-5-16(14)18/h6-9,14,16,19,21H,1-5,10-12H2. The number of carbonyl (C=O) groups excluding carboxylic acids is 1. The van der Waals surface area contributed by atoms with E-state index in [1.165, 1.54) is 63.0 Å². The summed E-state index contributed by atoms with van der Waals surface area (Å²) in [5.74, 6) is 0.0566. The molecule has 3 rings (SSSR count). The molecule has 2 N–H and O–H groups in total. The Hall–Kier alpha value is -1.47. The van der Waals surface area contributed by atoms with Crippen LogP contribution in [0.25, 0.3) is 0 Å². The molecule has 2 heterocycles. The zero-order valence-electron chi connectivity index (χ0n) is 13.2. The first-order chi connectivity index (χ1) is 11.1. The van der Waals surface area contributed by atoms with E-state index in [1.54, 1.807) is 0 Å². The number of esters is 1. The van der Waals surface area contributed by atoms with E-state index in [9.17, 15) is 10.0 Å². The number of hydrogen-bond donors (Lipinski definition) is 2. The molecule has 6 heteroatoms. The molecule has 2 fully saturated rings. The number of benzene rings is 1. The van der Waals surface area contributed by atoms with Gasteiger partial charge in [-0.15, -0.1) is 0 Å². The monoisotopic (exact) mass is 320 g/mol. The predicted octanol–water partition coefficient (Wildman–Crippen LogP) is 1.51. The quantitative estimate of drug-likeness (QED) is 0.649. The average Bonchev–Trinajstić information content (AvgIpc) is 2.59. The molecule has 0 bridgehead atoms. The van der Waals surface area contributed by atoms with Crippen molar-refractivity contribution < 1.29 is 20.0 Å². The van der Waals surface area contributed by atoms with E-state index >= 15 is 0 Å². The van der Waals surface area contributed by atoms with Crippen molar-refractivity contribution >= 4 is 11.7 Å². The van der Waals surface area contributed by atoms with Gasteiger partial charge >= 0.3 is 5.97 Å². The van der Waals surface area contributed by atoms with Gasteiger partial charge in [0, 0.05) is 24.1 Å². The Morgan fingerprint density at radius 2 is 1.96 bits per heavy atom. The zero-order valence-corrected chi connectivity index (χ0v) is 13.2. The molecule has 3 atom stereocenters. The van der Waals surface area contributed by atoms with Gasteiger partial charge in [0.2, 0.25) is 0 Å². The van der Waals surface area contributed by atoms with Crippen LogP contribution in [0.4, 0.5) is 5.69 Å². The van der Waals surface area contributed by atoms with Crippen molar-refractivity contribution in [1.29, 1.82) is 0 Å². The molecule has 1 aromatic carbocycles. The average molecular weight is 320 g/mol. The zero-order chi connectivity index (χ0) is 16.2. The Labute approximate surface area is 136 Å². The molecule has 0 saturated carbocycles. The molecule has 0 aliphatic carbocycles. The van der Waals surface area contributed by atoms with Crippen molar-refractivity contribution in [2.24, 2.45) is 5.92 Å². The molecule has 0 radical (unpaired) electrons. The van der Waals surface area contributed by atoms with Crippen LogP contribution in [-0.4, -0.2) is 41.8 Å². The van der Waals surface area contributed by atoms with Crippen LogP contribution in [0.5, 0.6) is 0 Å². The summed E-state index contributed by atoms with van der Waals surface area (Å²) < 4.78 is 5.50. The fraction of sp³-hybridized carbons (Fsp3) is 0.588. The maximum absolute atomic E-state index is 12.1. The van der Waals surface area contributed by atoms with Gasteiger partial charge in [0.1, 0.15) is 0 Å². The van der Waals surface area contributed by atoms with Crippen LogP contribution < -0.4 is 5.23 Å². The van der Waals surface area contributed by atoms with Gasteiger partial charge in [-0.1, -0.05) is 6.42 Å². The predicted molar refractivity (Wildman–Crippen MR) is 84.4 cm³/mol. The molecule has 0 aromatic heterocycles. The van der Waals surface area contributed by atoms with Crippen LogP contribution in [-0.2, 0) is 4.74 Å². The highest BCUT2D eigenvalue weighted by molar-refractivity contribution is 5.89. The lowest BCUT2D eigenvalue weighted by atomic mass is 9.84. The summed E-state index contributed by atoms with van der Waals surface area (Å²) in [5.41, 5.74) is 0.581. The fourth-order valence-corrected chi connectivity index (χ4v) is 3.79. The number of hydrogen-bond acceptors (Lipinski definition) is 5. The smallest absolute Gasteiger partial charge is 0.338 e. The van der Waals surface area contributed by atoms with Gasteiger partial charge in [-0.3, -0.25) is 4.90 Å². The van der Waals surface area contributed by atoms with E-state index in [-0.39, 0.29) is 11.7 Å². The van der Waals surface area contributed by atoms with Gasteiger partial charge in [0.25, 0.3) is 0 Å². The highest BCUT2D eigenvalue weighted by atomic mass is 16.8. The number of nitrogens with zero attached hydrogens (tertiary/aromatic N) is 1.